The first-order valence-electron chi connectivity index (χ1n) is 5.02. The summed E-state index contributed by atoms with van der Waals surface area (Å²) in [5.74, 6) is 6.03. The standard InChI is InChI=1S/C8H17N5O/c9-11-8(10-7-1-2-7)12-13-3-5-14-6-4-13/h7H,1-6,9H2,(H2,10,11,12). The van der Waals surface area contributed by atoms with Gasteiger partial charge in [0.05, 0.1) is 19.3 Å². The van der Waals surface area contributed by atoms with Crippen molar-refractivity contribution >= 4 is 5.96 Å². The molecule has 0 amide bonds. The second-order valence-electron chi connectivity index (χ2n) is 3.56. The monoisotopic (exact) mass is 199 g/mol. The van der Waals surface area contributed by atoms with E-state index in [9.17, 15) is 0 Å². The Kier molecular flexibility index (Phi) is 3.18. The molecule has 80 valence electrons. The maximum atomic E-state index is 5.36. The lowest BCUT2D eigenvalue weighted by Gasteiger charge is -2.28. The molecule has 14 heavy (non-hydrogen) atoms. The van der Waals surface area contributed by atoms with Crippen molar-refractivity contribution in [2.24, 2.45) is 10.8 Å². The van der Waals surface area contributed by atoms with Crippen LogP contribution >= 0.6 is 0 Å². The van der Waals surface area contributed by atoms with E-state index in [4.69, 9.17) is 10.6 Å². The molecule has 0 spiro atoms. The Morgan fingerprint density at radius 3 is 2.64 bits per heavy atom. The van der Waals surface area contributed by atoms with Crippen LogP contribution in [0, 0.1) is 0 Å². The van der Waals surface area contributed by atoms with Crippen molar-refractivity contribution in [3.05, 3.63) is 0 Å². The van der Waals surface area contributed by atoms with Gasteiger partial charge in [0.1, 0.15) is 0 Å². The summed E-state index contributed by atoms with van der Waals surface area (Å²) in [4.78, 5) is 4.39. The molecule has 0 aromatic rings. The van der Waals surface area contributed by atoms with E-state index in [0.717, 1.165) is 26.3 Å². The van der Waals surface area contributed by atoms with Crippen LogP contribution in [0.2, 0.25) is 0 Å². The molecule has 1 saturated carbocycles. The molecule has 2 rings (SSSR count). The average Bonchev–Trinajstić information content (AvgIpc) is 3.02. The fourth-order valence-corrected chi connectivity index (χ4v) is 1.31. The molecule has 1 aliphatic carbocycles. The fraction of sp³-hybridized carbons (Fsp3) is 0.875. The van der Waals surface area contributed by atoms with Crippen molar-refractivity contribution in [1.82, 2.24) is 15.9 Å². The number of nitrogens with two attached hydrogens (primary N) is 1. The van der Waals surface area contributed by atoms with Gasteiger partial charge in [-0.1, -0.05) is 0 Å². The predicted molar refractivity (Wildman–Crippen MR) is 53.3 cm³/mol. The first-order chi connectivity index (χ1) is 6.88. The zero-order chi connectivity index (χ0) is 9.80. The SMILES string of the molecule is NNC(=NC1CC1)NN1CCOCC1. The minimum atomic E-state index is 0.467. The van der Waals surface area contributed by atoms with Crippen molar-refractivity contribution in [2.45, 2.75) is 18.9 Å². The number of hydrogen-bond acceptors (Lipinski definition) is 4. The van der Waals surface area contributed by atoms with E-state index in [1.807, 2.05) is 0 Å². The van der Waals surface area contributed by atoms with Crippen LogP contribution in [0.5, 0.6) is 0 Å². The number of guanidine groups is 1. The molecule has 0 aromatic heterocycles. The molecule has 1 saturated heterocycles. The van der Waals surface area contributed by atoms with Crippen LogP contribution in [0.1, 0.15) is 12.8 Å². The van der Waals surface area contributed by atoms with E-state index < -0.39 is 0 Å². The molecular formula is C8H17N5O. The summed E-state index contributed by atoms with van der Waals surface area (Å²) in [5, 5.41) is 2.06. The number of hydrazine groups is 2. The Bertz CT molecular complexity index is 210. The molecule has 4 N–H and O–H groups in total. The van der Waals surface area contributed by atoms with Crippen LogP contribution in [-0.2, 0) is 4.74 Å². The minimum absolute atomic E-state index is 0.467. The third-order valence-corrected chi connectivity index (χ3v) is 2.27. The molecule has 1 heterocycles. The van der Waals surface area contributed by atoms with Gasteiger partial charge in [0, 0.05) is 13.1 Å². The fourth-order valence-electron chi connectivity index (χ4n) is 1.31. The van der Waals surface area contributed by atoms with Gasteiger partial charge < -0.3 is 4.74 Å². The van der Waals surface area contributed by atoms with Gasteiger partial charge in [0.15, 0.2) is 0 Å². The normalized spacial score (nSPS) is 24.8. The maximum Gasteiger partial charge on any atom is 0.220 e. The lowest BCUT2D eigenvalue weighted by Crippen LogP contribution is -2.54. The van der Waals surface area contributed by atoms with Crippen molar-refractivity contribution in [3.8, 4) is 0 Å². The zero-order valence-corrected chi connectivity index (χ0v) is 8.20. The largest absolute Gasteiger partial charge is 0.379 e. The Hall–Kier alpha value is -0.850. The summed E-state index contributed by atoms with van der Waals surface area (Å²) in [6.07, 6.45) is 2.35. The number of morpholine rings is 1. The van der Waals surface area contributed by atoms with E-state index >= 15 is 0 Å². The number of hydrogen-bond donors (Lipinski definition) is 3. The van der Waals surface area contributed by atoms with Gasteiger partial charge in [-0.3, -0.25) is 10.9 Å². The third kappa shape index (κ3) is 2.83. The first kappa shape index (κ1) is 9.70. The minimum Gasteiger partial charge on any atom is -0.379 e. The molecule has 2 fully saturated rings. The lowest BCUT2D eigenvalue weighted by atomic mass is 10.5. The van der Waals surface area contributed by atoms with Gasteiger partial charge in [0.2, 0.25) is 5.96 Å². The number of nitrogens with zero attached hydrogens (tertiary/aromatic N) is 2. The van der Waals surface area contributed by atoms with Crippen molar-refractivity contribution in [3.63, 3.8) is 0 Å². The van der Waals surface area contributed by atoms with Crippen LogP contribution in [-0.4, -0.2) is 43.3 Å². The smallest absolute Gasteiger partial charge is 0.220 e. The molecule has 0 unspecified atom stereocenters. The predicted octanol–water partition coefficient (Wildman–Crippen LogP) is -1.20. The van der Waals surface area contributed by atoms with Crippen LogP contribution in [0.4, 0.5) is 0 Å². The molecule has 0 aromatic carbocycles. The molecule has 0 radical (unpaired) electrons. The van der Waals surface area contributed by atoms with E-state index in [0.29, 0.717) is 12.0 Å². The highest BCUT2D eigenvalue weighted by molar-refractivity contribution is 5.79. The first-order valence-corrected chi connectivity index (χ1v) is 5.02. The number of nitrogens with one attached hydrogen (secondary N) is 2. The van der Waals surface area contributed by atoms with Crippen LogP contribution in [0.3, 0.4) is 0 Å². The maximum absolute atomic E-state index is 5.36. The van der Waals surface area contributed by atoms with Gasteiger partial charge >= 0.3 is 0 Å². The molecule has 0 bridgehead atoms. The summed E-state index contributed by atoms with van der Waals surface area (Å²) in [6, 6.07) is 0.467. The van der Waals surface area contributed by atoms with Crippen LogP contribution in [0.15, 0.2) is 4.99 Å². The molecular weight excluding hydrogens is 182 g/mol. The number of rotatable bonds is 2. The summed E-state index contributed by atoms with van der Waals surface area (Å²) in [6.45, 7) is 3.25. The van der Waals surface area contributed by atoms with Gasteiger partial charge in [-0.2, -0.15) is 0 Å². The van der Waals surface area contributed by atoms with E-state index in [2.05, 4.69) is 20.9 Å². The van der Waals surface area contributed by atoms with E-state index in [1.165, 1.54) is 12.8 Å². The van der Waals surface area contributed by atoms with E-state index in [-0.39, 0.29) is 0 Å². The average molecular weight is 199 g/mol. The molecule has 6 nitrogen and oxygen atoms in total. The van der Waals surface area contributed by atoms with Gasteiger partial charge in [-0.05, 0) is 12.8 Å². The van der Waals surface area contributed by atoms with Crippen LogP contribution in [0.25, 0.3) is 0 Å². The van der Waals surface area contributed by atoms with Gasteiger partial charge in [-0.25, -0.2) is 15.8 Å². The van der Waals surface area contributed by atoms with E-state index in [1.54, 1.807) is 0 Å². The Morgan fingerprint density at radius 1 is 1.36 bits per heavy atom. The Balaban J connectivity index is 1.80. The molecule has 1 aliphatic heterocycles. The van der Waals surface area contributed by atoms with Crippen molar-refractivity contribution in [2.75, 3.05) is 26.3 Å². The number of ether oxygens (including phenoxy) is 1. The Labute approximate surface area is 83.4 Å². The topological polar surface area (TPSA) is 74.9 Å². The molecule has 2 aliphatic rings. The summed E-state index contributed by atoms with van der Waals surface area (Å²) < 4.78 is 5.24. The highest BCUT2D eigenvalue weighted by Gasteiger charge is 2.21. The van der Waals surface area contributed by atoms with Crippen LogP contribution < -0.4 is 16.7 Å². The third-order valence-electron chi connectivity index (χ3n) is 2.27. The summed E-state index contributed by atoms with van der Waals surface area (Å²) in [5.41, 5.74) is 5.72. The highest BCUT2D eigenvalue weighted by atomic mass is 16.5. The summed E-state index contributed by atoms with van der Waals surface area (Å²) >= 11 is 0. The van der Waals surface area contributed by atoms with Gasteiger partial charge in [-0.15, -0.1) is 0 Å². The lowest BCUT2D eigenvalue weighted by molar-refractivity contribution is 0.0241. The number of aliphatic imine (C=N–C) groups is 1. The molecule has 0 atom stereocenters. The quantitative estimate of drug-likeness (QED) is 0.225. The summed E-state index contributed by atoms with van der Waals surface area (Å²) in [7, 11) is 0. The van der Waals surface area contributed by atoms with Crippen molar-refractivity contribution in [1.29, 1.82) is 0 Å². The van der Waals surface area contributed by atoms with Crippen molar-refractivity contribution < 1.29 is 4.74 Å². The van der Waals surface area contributed by atoms with Gasteiger partial charge in [0.25, 0.3) is 0 Å². The second-order valence-corrected chi connectivity index (χ2v) is 3.56. The second kappa shape index (κ2) is 4.59. The Morgan fingerprint density at radius 2 is 2.07 bits per heavy atom. The highest BCUT2D eigenvalue weighted by Crippen LogP contribution is 2.23. The molecule has 6 heteroatoms. The zero-order valence-electron chi connectivity index (χ0n) is 8.20.